The highest BCUT2D eigenvalue weighted by atomic mass is 31.2. The van der Waals surface area contributed by atoms with Gasteiger partial charge in [-0.1, -0.05) is 0 Å². The van der Waals surface area contributed by atoms with Gasteiger partial charge in [0.2, 0.25) is 5.95 Å². The Morgan fingerprint density at radius 3 is 2.55 bits per heavy atom. The predicted molar refractivity (Wildman–Crippen MR) is 138 cm³/mol. The molecule has 2 saturated heterocycles. The van der Waals surface area contributed by atoms with Crippen LogP contribution in [-0.4, -0.2) is 109 Å². The molecule has 6 heterocycles. The third-order valence-corrected chi connectivity index (χ3v) is 8.01. The molecule has 2 aliphatic rings. The maximum atomic E-state index is 13.0. The van der Waals surface area contributed by atoms with Gasteiger partial charge in [-0.3, -0.25) is 23.4 Å². The largest absolute Gasteiger partial charge is 0.472 e. The lowest BCUT2D eigenvalue weighted by atomic mass is 10.1. The topological polar surface area (TPSA) is 301 Å². The van der Waals surface area contributed by atoms with Crippen molar-refractivity contribution in [2.24, 2.45) is 0 Å². The average Bonchev–Trinajstić information content (AvgIpc) is 3.69. The fourth-order valence-corrected chi connectivity index (χ4v) is 5.91. The van der Waals surface area contributed by atoms with Crippen LogP contribution in [0.25, 0.3) is 22.2 Å². The predicted octanol–water partition coefficient (Wildman–Crippen LogP) is -2.90. The summed E-state index contributed by atoms with van der Waals surface area (Å²) < 4.78 is 37.2. The Balaban J connectivity index is 1.19. The number of hydrogen-bond acceptors (Lipinski definition) is 16. The van der Waals surface area contributed by atoms with Gasteiger partial charge in [0, 0.05) is 6.20 Å². The molecule has 9 atom stereocenters. The van der Waals surface area contributed by atoms with Gasteiger partial charge in [-0.25, -0.2) is 19.5 Å². The maximum absolute atomic E-state index is 13.0. The number of imidazole rings is 1. The van der Waals surface area contributed by atoms with Crippen molar-refractivity contribution < 1.29 is 48.4 Å². The number of hydrogen-bond donors (Lipinski definition) is 8. The van der Waals surface area contributed by atoms with Crippen molar-refractivity contribution in [3.8, 4) is 0 Å². The zero-order valence-electron chi connectivity index (χ0n) is 21.3. The van der Waals surface area contributed by atoms with E-state index in [2.05, 4.69) is 24.9 Å². The number of aromatic nitrogens is 7. The van der Waals surface area contributed by atoms with Crippen LogP contribution in [0.1, 0.15) is 12.5 Å². The molecule has 1 unspecified atom stereocenters. The molecule has 2 aliphatic heterocycles. The van der Waals surface area contributed by atoms with Gasteiger partial charge in [0.15, 0.2) is 23.6 Å². The van der Waals surface area contributed by atoms with E-state index in [1.807, 2.05) is 0 Å². The number of nitrogens with zero attached hydrogens (tertiary/aromatic N) is 6. The molecule has 0 aliphatic carbocycles. The molecule has 6 rings (SSSR count). The molecular weight excluding hydrogens is 585 g/mol. The minimum absolute atomic E-state index is 0.0820. The summed E-state index contributed by atoms with van der Waals surface area (Å²) in [5.41, 5.74) is 10.9. The third kappa shape index (κ3) is 4.82. The lowest BCUT2D eigenvalue weighted by Crippen LogP contribution is -2.36. The van der Waals surface area contributed by atoms with Gasteiger partial charge in [-0.15, -0.1) is 0 Å². The number of H-pyrrole nitrogens is 1. The lowest BCUT2D eigenvalue weighted by molar-refractivity contribution is -0.0614. The standard InChI is InChI=1S/C21H26N9O11P/c22-15-7-1-2-29(16(7)25-5-24-15)19-13(34)11(32)9(40-19)4-38-42(36,37)41-14-12(33)8(3-31)39-20(14)30-6-26-10-17(30)27-21(23)28-18(10)35/h1-2,5-6,8-9,11-14,19-20,31-34H,3-4H2,(H,36,37)(H2,22,24,25)(H3,23,27,28,35)/t8-,9-,11+,12+,13+,14+,19-,20-/m1/s1. The summed E-state index contributed by atoms with van der Waals surface area (Å²) in [6.07, 6.45) is -7.57. The van der Waals surface area contributed by atoms with Crippen molar-refractivity contribution in [1.82, 2.24) is 34.1 Å². The first kappa shape index (κ1) is 28.6. The molecule has 226 valence electrons. The Morgan fingerprint density at radius 1 is 1.02 bits per heavy atom. The van der Waals surface area contributed by atoms with Crippen molar-refractivity contribution in [2.45, 2.75) is 49.1 Å². The Hall–Kier alpha value is -3.56. The van der Waals surface area contributed by atoms with Gasteiger partial charge in [0.05, 0.1) is 24.9 Å². The first-order chi connectivity index (χ1) is 20.0. The van der Waals surface area contributed by atoms with E-state index >= 15 is 0 Å². The first-order valence-corrected chi connectivity index (χ1v) is 13.9. The van der Waals surface area contributed by atoms with Crippen LogP contribution in [0.4, 0.5) is 11.8 Å². The summed E-state index contributed by atoms with van der Waals surface area (Å²) in [4.78, 5) is 40.9. The minimum atomic E-state index is -5.04. The molecule has 10 N–H and O–H groups in total. The van der Waals surface area contributed by atoms with Gasteiger partial charge in [-0.05, 0) is 6.07 Å². The second kappa shape index (κ2) is 10.6. The molecule has 0 radical (unpaired) electrons. The van der Waals surface area contributed by atoms with E-state index in [9.17, 15) is 34.7 Å². The molecule has 2 fully saturated rings. The Bertz CT molecular complexity index is 1730. The number of nitrogens with two attached hydrogens (primary N) is 2. The van der Waals surface area contributed by atoms with Gasteiger partial charge in [0.25, 0.3) is 5.56 Å². The van der Waals surface area contributed by atoms with Crippen LogP contribution < -0.4 is 17.0 Å². The van der Waals surface area contributed by atoms with Crippen LogP contribution >= 0.6 is 7.82 Å². The summed E-state index contributed by atoms with van der Waals surface area (Å²) in [5.74, 6) is -0.0563. The number of ether oxygens (including phenoxy) is 2. The van der Waals surface area contributed by atoms with Gasteiger partial charge < -0.3 is 50.8 Å². The van der Waals surface area contributed by atoms with Gasteiger partial charge >= 0.3 is 7.82 Å². The first-order valence-electron chi connectivity index (χ1n) is 12.4. The molecule has 20 nitrogen and oxygen atoms in total. The number of nitrogens with one attached hydrogen (secondary N) is 1. The monoisotopic (exact) mass is 611 g/mol. The summed E-state index contributed by atoms with van der Waals surface area (Å²) >= 11 is 0. The average molecular weight is 611 g/mol. The van der Waals surface area contributed by atoms with E-state index in [1.165, 1.54) is 17.1 Å². The fourth-order valence-electron chi connectivity index (χ4n) is 4.98. The smallest absolute Gasteiger partial charge is 0.394 e. The Morgan fingerprint density at radius 2 is 1.79 bits per heavy atom. The lowest BCUT2D eigenvalue weighted by Gasteiger charge is -2.24. The molecule has 4 aromatic rings. The maximum Gasteiger partial charge on any atom is 0.472 e. The van der Waals surface area contributed by atoms with Gasteiger partial charge in [-0.2, -0.15) is 4.98 Å². The third-order valence-electron chi connectivity index (χ3n) is 7.03. The number of rotatable bonds is 8. The van der Waals surface area contributed by atoms with E-state index in [1.54, 1.807) is 6.07 Å². The summed E-state index contributed by atoms with van der Waals surface area (Å²) in [6, 6.07) is 1.60. The van der Waals surface area contributed by atoms with Gasteiger partial charge in [0.1, 0.15) is 54.4 Å². The van der Waals surface area contributed by atoms with Crippen LogP contribution in [0, 0.1) is 0 Å². The van der Waals surface area contributed by atoms with Crippen molar-refractivity contribution in [3.63, 3.8) is 0 Å². The number of nitrogen functional groups attached to an aromatic ring is 2. The number of aliphatic hydroxyl groups excluding tert-OH is 4. The Kier molecular flexibility index (Phi) is 7.22. The second-order valence-corrected chi connectivity index (χ2v) is 11.0. The molecular formula is C21H26N9O11P. The highest BCUT2D eigenvalue weighted by Crippen LogP contribution is 2.50. The highest BCUT2D eigenvalue weighted by Gasteiger charge is 2.50. The molecule has 42 heavy (non-hydrogen) atoms. The number of phosphoric ester groups is 1. The zero-order valence-corrected chi connectivity index (χ0v) is 22.2. The molecule has 0 amide bonds. The van der Waals surface area contributed by atoms with Crippen LogP contribution in [0.5, 0.6) is 0 Å². The Labute approximate surface area is 233 Å². The highest BCUT2D eigenvalue weighted by molar-refractivity contribution is 7.47. The summed E-state index contributed by atoms with van der Waals surface area (Å²) in [6.45, 7) is -1.42. The van der Waals surface area contributed by atoms with E-state index < -0.39 is 75.7 Å². The summed E-state index contributed by atoms with van der Waals surface area (Å²) in [7, 11) is -5.04. The van der Waals surface area contributed by atoms with Crippen molar-refractivity contribution >= 4 is 41.8 Å². The normalized spacial score (nSPS) is 31.3. The molecule has 0 spiro atoms. The zero-order chi connectivity index (χ0) is 29.9. The van der Waals surface area contributed by atoms with E-state index in [0.29, 0.717) is 11.0 Å². The second-order valence-electron chi connectivity index (χ2n) is 9.61. The van der Waals surface area contributed by atoms with Crippen molar-refractivity contribution in [3.05, 3.63) is 35.3 Å². The van der Waals surface area contributed by atoms with E-state index in [4.69, 9.17) is 30.0 Å². The fraction of sp³-hybridized carbons (Fsp3) is 0.476. The minimum Gasteiger partial charge on any atom is -0.394 e. The number of anilines is 2. The quantitative estimate of drug-likeness (QED) is 0.0926. The molecule has 4 aromatic heterocycles. The molecule has 0 saturated carbocycles. The SMILES string of the molecule is Nc1nc2c(ncn2[C@@H]2O[C@H](CO)[C@H](O)[C@@H]2OP(=O)(O)OC[C@H]2O[C@@H](n3ccc4c(N)ncnc43)[C@@H](O)[C@H]2O)c(=O)[nH]1. The molecule has 21 heteroatoms. The number of phosphoric acid groups is 1. The number of aromatic amines is 1. The van der Waals surface area contributed by atoms with E-state index in [-0.39, 0.29) is 22.9 Å². The van der Waals surface area contributed by atoms with Crippen molar-refractivity contribution in [2.75, 3.05) is 24.7 Å². The molecule has 0 aromatic carbocycles. The van der Waals surface area contributed by atoms with Crippen molar-refractivity contribution in [1.29, 1.82) is 0 Å². The van der Waals surface area contributed by atoms with Crippen LogP contribution in [0.3, 0.4) is 0 Å². The molecule has 0 bridgehead atoms. The van der Waals surface area contributed by atoms with E-state index in [0.717, 1.165) is 10.9 Å². The van der Waals surface area contributed by atoms with Crippen LogP contribution in [-0.2, 0) is 23.1 Å². The summed E-state index contributed by atoms with van der Waals surface area (Å²) in [5, 5.41) is 42.0. The number of fused-ring (bicyclic) bond motifs is 2. The van der Waals surface area contributed by atoms with Crippen LogP contribution in [0.15, 0.2) is 29.7 Å². The number of aliphatic hydroxyl groups is 4. The van der Waals surface area contributed by atoms with Crippen LogP contribution in [0.2, 0.25) is 0 Å².